The zero-order chi connectivity index (χ0) is 13.3. The highest BCUT2D eigenvalue weighted by atomic mass is 16.5. The molecule has 4 nitrogen and oxygen atoms in total. The summed E-state index contributed by atoms with van der Waals surface area (Å²) in [6, 6.07) is 0.411. The van der Waals surface area contributed by atoms with E-state index in [2.05, 4.69) is 26.1 Å². The van der Waals surface area contributed by atoms with Crippen molar-refractivity contribution in [3.8, 4) is 0 Å². The van der Waals surface area contributed by atoms with Crippen LogP contribution in [-0.2, 0) is 9.47 Å². The van der Waals surface area contributed by atoms with Gasteiger partial charge in [0, 0.05) is 12.6 Å². The summed E-state index contributed by atoms with van der Waals surface area (Å²) in [7, 11) is 0. The Kier molecular flexibility index (Phi) is 9.74. The van der Waals surface area contributed by atoms with Crippen LogP contribution in [0.4, 0.5) is 0 Å². The first-order valence-electron chi connectivity index (χ1n) is 6.54. The molecule has 0 radical (unpaired) electrons. The average Bonchev–Trinajstić information content (AvgIpc) is 2.24. The Bertz CT molecular complexity index is 174. The fraction of sp³-hybridized carbons (Fsp3) is 1.00. The van der Waals surface area contributed by atoms with Crippen molar-refractivity contribution in [1.29, 1.82) is 0 Å². The Hall–Kier alpha value is -0.160. The van der Waals surface area contributed by atoms with Gasteiger partial charge in [-0.25, -0.2) is 0 Å². The van der Waals surface area contributed by atoms with Crippen molar-refractivity contribution in [1.82, 2.24) is 5.32 Å². The van der Waals surface area contributed by atoms with E-state index < -0.39 is 6.10 Å². The normalized spacial score (nSPS) is 15.5. The quantitative estimate of drug-likeness (QED) is 0.573. The second-order valence-electron chi connectivity index (χ2n) is 5.09. The van der Waals surface area contributed by atoms with Crippen LogP contribution in [0.3, 0.4) is 0 Å². The minimum Gasteiger partial charge on any atom is -0.389 e. The van der Waals surface area contributed by atoms with Crippen LogP contribution < -0.4 is 5.32 Å². The Morgan fingerprint density at radius 3 is 2.24 bits per heavy atom. The van der Waals surface area contributed by atoms with Gasteiger partial charge in [0.05, 0.1) is 32.0 Å². The lowest BCUT2D eigenvalue weighted by Gasteiger charge is -2.20. The second-order valence-corrected chi connectivity index (χ2v) is 5.09. The van der Waals surface area contributed by atoms with E-state index in [1.165, 1.54) is 0 Å². The Morgan fingerprint density at radius 1 is 1.06 bits per heavy atom. The maximum atomic E-state index is 9.66. The maximum Gasteiger partial charge on any atom is 0.0897 e. The fourth-order valence-electron chi connectivity index (χ4n) is 1.18. The molecule has 17 heavy (non-hydrogen) atoms. The van der Waals surface area contributed by atoms with Gasteiger partial charge in [-0.3, -0.25) is 0 Å². The predicted molar refractivity (Wildman–Crippen MR) is 70.2 cm³/mol. The van der Waals surface area contributed by atoms with Crippen LogP contribution in [0.5, 0.6) is 0 Å². The van der Waals surface area contributed by atoms with E-state index in [0.29, 0.717) is 38.3 Å². The van der Waals surface area contributed by atoms with E-state index in [0.717, 1.165) is 0 Å². The summed E-state index contributed by atoms with van der Waals surface area (Å²) < 4.78 is 10.7. The van der Waals surface area contributed by atoms with Gasteiger partial charge in [-0.2, -0.15) is 0 Å². The van der Waals surface area contributed by atoms with E-state index in [9.17, 15) is 5.11 Å². The van der Waals surface area contributed by atoms with Crippen LogP contribution in [0.1, 0.15) is 34.6 Å². The van der Waals surface area contributed by atoms with Gasteiger partial charge in [-0.1, -0.05) is 13.8 Å². The van der Waals surface area contributed by atoms with Crippen LogP contribution >= 0.6 is 0 Å². The van der Waals surface area contributed by atoms with Crippen molar-refractivity contribution >= 4 is 0 Å². The summed E-state index contributed by atoms with van der Waals surface area (Å²) >= 11 is 0. The molecule has 2 atom stereocenters. The predicted octanol–water partition coefficient (Wildman–Crippen LogP) is 1.42. The number of hydrogen-bond acceptors (Lipinski definition) is 4. The molecule has 0 aromatic rings. The van der Waals surface area contributed by atoms with Crippen molar-refractivity contribution < 1.29 is 14.6 Å². The number of ether oxygens (including phenoxy) is 2. The molecular formula is C13H29NO3. The smallest absolute Gasteiger partial charge is 0.0897 e. The molecule has 0 spiro atoms. The molecule has 2 unspecified atom stereocenters. The summed E-state index contributed by atoms with van der Waals surface area (Å²) in [5.41, 5.74) is 0. The lowest BCUT2D eigenvalue weighted by molar-refractivity contribution is -0.0106. The largest absolute Gasteiger partial charge is 0.389 e. The monoisotopic (exact) mass is 247 g/mol. The van der Waals surface area contributed by atoms with Gasteiger partial charge in [0.2, 0.25) is 0 Å². The molecule has 104 valence electrons. The molecule has 0 aliphatic carbocycles. The lowest BCUT2D eigenvalue weighted by atomic mass is 10.1. The van der Waals surface area contributed by atoms with E-state index in [-0.39, 0.29) is 6.10 Å². The molecule has 0 aliphatic heterocycles. The summed E-state index contributed by atoms with van der Waals surface area (Å²) in [6.07, 6.45) is -0.215. The van der Waals surface area contributed by atoms with Gasteiger partial charge < -0.3 is 19.9 Å². The average molecular weight is 247 g/mol. The number of rotatable bonds is 10. The van der Waals surface area contributed by atoms with Crippen LogP contribution in [0.25, 0.3) is 0 Å². The molecule has 0 amide bonds. The number of aliphatic hydroxyl groups excluding tert-OH is 1. The van der Waals surface area contributed by atoms with Gasteiger partial charge >= 0.3 is 0 Å². The first kappa shape index (κ1) is 16.8. The van der Waals surface area contributed by atoms with E-state index in [1.807, 2.05) is 13.8 Å². The Morgan fingerprint density at radius 2 is 1.71 bits per heavy atom. The number of aliphatic hydroxyl groups is 1. The first-order chi connectivity index (χ1) is 7.93. The zero-order valence-electron chi connectivity index (χ0n) is 11.9. The summed E-state index contributed by atoms with van der Waals surface area (Å²) in [5, 5.41) is 12.9. The third kappa shape index (κ3) is 10.7. The first-order valence-corrected chi connectivity index (χ1v) is 6.54. The van der Waals surface area contributed by atoms with Crippen molar-refractivity contribution in [2.45, 2.75) is 52.9 Å². The highest BCUT2D eigenvalue weighted by Gasteiger charge is 2.09. The SMILES string of the molecule is CC(C)OCCOCC(O)CNC(C)C(C)C. The van der Waals surface area contributed by atoms with Gasteiger partial charge in [0.25, 0.3) is 0 Å². The fourth-order valence-corrected chi connectivity index (χ4v) is 1.18. The molecule has 0 fully saturated rings. The zero-order valence-corrected chi connectivity index (χ0v) is 11.9. The van der Waals surface area contributed by atoms with Gasteiger partial charge in [-0.05, 0) is 26.7 Å². The Labute approximate surface area is 106 Å². The van der Waals surface area contributed by atoms with Crippen LogP contribution in [-0.4, -0.2) is 49.7 Å². The molecular weight excluding hydrogens is 218 g/mol. The van der Waals surface area contributed by atoms with Crippen LogP contribution in [0.15, 0.2) is 0 Å². The van der Waals surface area contributed by atoms with Crippen molar-refractivity contribution in [2.24, 2.45) is 5.92 Å². The van der Waals surface area contributed by atoms with Crippen molar-refractivity contribution in [2.75, 3.05) is 26.4 Å². The molecule has 4 heteroatoms. The van der Waals surface area contributed by atoms with Gasteiger partial charge in [-0.15, -0.1) is 0 Å². The second kappa shape index (κ2) is 9.83. The maximum absolute atomic E-state index is 9.66. The van der Waals surface area contributed by atoms with Crippen molar-refractivity contribution in [3.05, 3.63) is 0 Å². The van der Waals surface area contributed by atoms with E-state index in [4.69, 9.17) is 9.47 Å². The summed E-state index contributed by atoms with van der Waals surface area (Å²) in [5.74, 6) is 0.572. The molecule has 0 bridgehead atoms. The van der Waals surface area contributed by atoms with Crippen LogP contribution in [0, 0.1) is 5.92 Å². The molecule has 0 aliphatic rings. The minimum absolute atomic E-state index is 0.233. The van der Waals surface area contributed by atoms with E-state index >= 15 is 0 Å². The third-order valence-electron chi connectivity index (χ3n) is 2.66. The molecule has 0 rings (SSSR count). The third-order valence-corrected chi connectivity index (χ3v) is 2.66. The van der Waals surface area contributed by atoms with Crippen LogP contribution in [0.2, 0.25) is 0 Å². The highest BCUT2D eigenvalue weighted by Crippen LogP contribution is 1.99. The topological polar surface area (TPSA) is 50.7 Å². The molecule has 0 saturated heterocycles. The minimum atomic E-state index is -0.449. The number of hydrogen-bond donors (Lipinski definition) is 2. The molecule has 2 N–H and O–H groups in total. The molecule has 0 heterocycles. The summed E-state index contributed by atoms with van der Waals surface area (Å²) in [4.78, 5) is 0. The number of nitrogens with one attached hydrogen (secondary N) is 1. The molecule has 0 saturated carbocycles. The van der Waals surface area contributed by atoms with Gasteiger partial charge in [0.1, 0.15) is 0 Å². The lowest BCUT2D eigenvalue weighted by Crippen LogP contribution is -2.38. The summed E-state index contributed by atoms with van der Waals surface area (Å²) in [6.45, 7) is 12.5. The van der Waals surface area contributed by atoms with Gasteiger partial charge in [0.15, 0.2) is 0 Å². The standard InChI is InChI=1S/C13H29NO3/c1-10(2)12(5)14-8-13(15)9-16-6-7-17-11(3)4/h10-15H,6-9H2,1-5H3. The highest BCUT2D eigenvalue weighted by molar-refractivity contribution is 4.67. The molecule has 0 aromatic carbocycles. The molecule has 0 aromatic heterocycles. The van der Waals surface area contributed by atoms with E-state index in [1.54, 1.807) is 0 Å². The van der Waals surface area contributed by atoms with Crippen molar-refractivity contribution in [3.63, 3.8) is 0 Å². The Balaban J connectivity index is 3.37.